The number of carbonyl (C=O) groups excluding carboxylic acids is 3. The Balaban J connectivity index is 1.12. The van der Waals surface area contributed by atoms with Crippen molar-refractivity contribution in [1.82, 2.24) is 24.5 Å². The Labute approximate surface area is 296 Å². The third kappa shape index (κ3) is 8.32. The number of urea groups is 1. The number of fused-ring (bicyclic) bond motifs is 1. The van der Waals surface area contributed by atoms with E-state index in [0.29, 0.717) is 64.7 Å². The number of hydrogen-bond donors (Lipinski definition) is 2. The molecule has 50 heavy (non-hydrogen) atoms. The van der Waals surface area contributed by atoms with Gasteiger partial charge in [0.1, 0.15) is 5.75 Å². The molecule has 4 aliphatic rings. The number of likely N-dealkylation sites (tertiary alicyclic amines) is 2. The highest BCUT2D eigenvalue weighted by Crippen LogP contribution is 2.41. The fourth-order valence-corrected chi connectivity index (χ4v) is 8.19. The molecule has 3 saturated heterocycles. The Hall–Kier alpha value is -3.55. The van der Waals surface area contributed by atoms with Crippen LogP contribution < -0.4 is 5.32 Å². The van der Waals surface area contributed by atoms with Gasteiger partial charge in [0.2, 0.25) is 11.8 Å². The maximum absolute atomic E-state index is 14.1. The van der Waals surface area contributed by atoms with Crippen molar-refractivity contribution < 1.29 is 32.7 Å². The van der Waals surface area contributed by atoms with E-state index in [0.717, 1.165) is 49.7 Å². The molecule has 2 N–H and O–H groups in total. The van der Waals surface area contributed by atoms with Crippen LogP contribution >= 0.6 is 11.6 Å². The molecule has 14 heteroatoms. The molecule has 6 rings (SSSR count). The highest BCUT2D eigenvalue weighted by Gasteiger charge is 2.38. The van der Waals surface area contributed by atoms with Gasteiger partial charge < -0.3 is 30.0 Å². The van der Waals surface area contributed by atoms with Gasteiger partial charge >= 0.3 is 12.2 Å². The van der Waals surface area contributed by atoms with Gasteiger partial charge in [0, 0.05) is 70.0 Å². The van der Waals surface area contributed by atoms with Gasteiger partial charge in [0.15, 0.2) is 0 Å². The van der Waals surface area contributed by atoms with Crippen molar-refractivity contribution in [2.75, 3.05) is 71.3 Å². The molecule has 0 aromatic heterocycles. The third-order valence-corrected chi connectivity index (χ3v) is 11.2. The van der Waals surface area contributed by atoms with Crippen LogP contribution in [0.4, 0.5) is 23.7 Å². The van der Waals surface area contributed by atoms with E-state index in [1.807, 2.05) is 29.2 Å². The van der Waals surface area contributed by atoms with Crippen molar-refractivity contribution in [2.45, 2.75) is 63.2 Å². The summed E-state index contributed by atoms with van der Waals surface area (Å²) in [7, 11) is 2.11. The summed E-state index contributed by atoms with van der Waals surface area (Å²) >= 11 is 6.03. The number of carbonyl (C=O) groups is 3. The lowest BCUT2D eigenvalue weighted by molar-refractivity contribution is -0.143. The zero-order valence-corrected chi connectivity index (χ0v) is 29.2. The van der Waals surface area contributed by atoms with Crippen molar-refractivity contribution in [3.8, 4) is 5.75 Å². The normalized spacial score (nSPS) is 21.1. The van der Waals surface area contributed by atoms with Crippen molar-refractivity contribution in [2.24, 2.45) is 5.92 Å². The number of phenolic OH excluding ortho intramolecular Hbond substituents is 1. The smallest absolute Gasteiger partial charge is 0.420 e. The van der Waals surface area contributed by atoms with Crippen LogP contribution in [0.15, 0.2) is 36.4 Å². The maximum atomic E-state index is 14.1. The van der Waals surface area contributed by atoms with Crippen molar-refractivity contribution in [3.63, 3.8) is 0 Å². The highest BCUT2D eigenvalue weighted by molar-refractivity contribution is 6.32. The number of hydrogen-bond acceptors (Lipinski definition) is 6. The molecular formula is C36H46ClF3N6O4. The number of rotatable bonds is 7. The van der Waals surface area contributed by atoms with Gasteiger partial charge in [-0.2, -0.15) is 13.2 Å². The summed E-state index contributed by atoms with van der Waals surface area (Å²) in [6.07, 6.45) is -1.13. The summed E-state index contributed by atoms with van der Waals surface area (Å²) in [6, 6.07) is 10.0. The molecule has 0 aliphatic carbocycles. The van der Waals surface area contributed by atoms with Crippen LogP contribution in [-0.4, -0.2) is 125 Å². The molecular weight excluding hydrogens is 673 g/mol. The molecule has 0 spiro atoms. The van der Waals surface area contributed by atoms with Crippen LogP contribution in [0.1, 0.15) is 48.8 Å². The van der Waals surface area contributed by atoms with Crippen molar-refractivity contribution in [1.29, 1.82) is 0 Å². The van der Waals surface area contributed by atoms with Crippen molar-refractivity contribution in [3.05, 3.63) is 58.1 Å². The lowest BCUT2D eigenvalue weighted by Crippen LogP contribution is -2.55. The number of phenols is 1. The molecule has 0 unspecified atom stereocenters. The molecule has 4 heterocycles. The summed E-state index contributed by atoms with van der Waals surface area (Å²) in [5, 5.41) is 12.6. The molecule has 10 nitrogen and oxygen atoms in total. The molecule has 4 aliphatic heterocycles. The first kappa shape index (κ1) is 36.2. The predicted octanol–water partition coefficient (Wildman–Crippen LogP) is 4.93. The van der Waals surface area contributed by atoms with Gasteiger partial charge in [-0.25, -0.2) is 4.79 Å². The van der Waals surface area contributed by atoms with Crippen LogP contribution in [0, 0.1) is 5.92 Å². The number of nitrogens with one attached hydrogen (secondary N) is 1. The number of para-hydroxylation sites is 1. The average molecular weight is 719 g/mol. The summed E-state index contributed by atoms with van der Waals surface area (Å²) in [4.78, 5) is 50.9. The molecule has 3 fully saturated rings. The fraction of sp³-hybridized carbons (Fsp3) is 0.583. The van der Waals surface area contributed by atoms with Crippen LogP contribution in [0.25, 0.3) is 0 Å². The number of amides is 4. The van der Waals surface area contributed by atoms with E-state index in [1.54, 1.807) is 9.80 Å². The van der Waals surface area contributed by atoms with E-state index in [2.05, 4.69) is 22.2 Å². The maximum Gasteiger partial charge on any atom is 0.420 e. The van der Waals surface area contributed by atoms with Crippen LogP contribution in [-0.2, 0) is 28.6 Å². The quantitative estimate of drug-likeness (QED) is 0.422. The van der Waals surface area contributed by atoms with E-state index in [1.165, 1.54) is 6.07 Å². The predicted molar refractivity (Wildman–Crippen MR) is 184 cm³/mol. The number of piperidine rings is 2. The standard InChI is InChI=1S/C36H46ClF3N6O4/c1-42-11-7-27(8-12-42)43-16-18-45(19-17-43)34(49)26(20-24-21-29(36(38,39)40)33(48)30(37)22-24)23-32(47)44-13-9-28(10-14-44)46-15-6-25-4-2-3-5-31(25)41-35(46)50/h2-5,21-22,26-28,48H,6-20,23H2,1H3,(H,41,50)/t26-/m0/s1. The summed E-state index contributed by atoms with van der Waals surface area (Å²) in [5.74, 6) is -2.49. The monoisotopic (exact) mass is 718 g/mol. The number of benzene rings is 2. The Bertz CT molecular complexity index is 1550. The van der Waals surface area contributed by atoms with Gasteiger partial charge in [0.05, 0.1) is 16.5 Å². The Morgan fingerprint density at radius 2 is 1.58 bits per heavy atom. The minimum Gasteiger partial charge on any atom is -0.506 e. The number of halogens is 4. The zero-order valence-electron chi connectivity index (χ0n) is 28.4. The SMILES string of the molecule is CN1CCC(N2CCN(C(=O)[C@H](CC(=O)N3CCC(N4CCc5ccccc5NC4=O)CC3)Cc3cc(Cl)c(O)c(C(F)(F)F)c3)CC2)CC1. The number of nitrogens with zero attached hydrogens (tertiary/aromatic N) is 5. The first-order valence-electron chi connectivity index (χ1n) is 17.6. The van der Waals surface area contributed by atoms with E-state index >= 15 is 0 Å². The second-order valence-electron chi connectivity index (χ2n) is 14.1. The Kier molecular flexibility index (Phi) is 11.1. The molecule has 0 radical (unpaired) electrons. The van der Waals surface area contributed by atoms with Crippen LogP contribution in [0.3, 0.4) is 0 Å². The van der Waals surface area contributed by atoms with Crippen molar-refractivity contribution >= 4 is 35.1 Å². The van der Waals surface area contributed by atoms with E-state index in [-0.39, 0.29) is 42.3 Å². The van der Waals surface area contributed by atoms with Gasteiger partial charge in [0.25, 0.3) is 0 Å². The number of alkyl halides is 3. The second-order valence-corrected chi connectivity index (χ2v) is 14.5. The summed E-state index contributed by atoms with van der Waals surface area (Å²) < 4.78 is 41.3. The Morgan fingerprint density at radius 1 is 0.920 bits per heavy atom. The van der Waals surface area contributed by atoms with E-state index in [4.69, 9.17) is 11.6 Å². The van der Waals surface area contributed by atoms with Crippen LogP contribution in [0.2, 0.25) is 5.02 Å². The highest BCUT2D eigenvalue weighted by atomic mass is 35.5. The van der Waals surface area contributed by atoms with E-state index in [9.17, 15) is 32.7 Å². The van der Waals surface area contributed by atoms with Gasteiger partial charge in [-0.3, -0.25) is 14.5 Å². The average Bonchev–Trinajstić information content (AvgIpc) is 3.27. The molecule has 2 aromatic carbocycles. The van der Waals surface area contributed by atoms with Gasteiger partial charge in [-0.1, -0.05) is 29.8 Å². The minimum atomic E-state index is -4.85. The molecule has 0 saturated carbocycles. The van der Waals surface area contributed by atoms with E-state index < -0.39 is 28.4 Å². The Morgan fingerprint density at radius 3 is 2.26 bits per heavy atom. The minimum absolute atomic E-state index is 0.0495. The third-order valence-electron chi connectivity index (χ3n) is 10.9. The molecule has 4 amide bonds. The fourth-order valence-electron chi connectivity index (χ4n) is 7.95. The second kappa shape index (κ2) is 15.4. The number of aromatic hydroxyl groups is 1. The number of anilines is 1. The first-order valence-corrected chi connectivity index (χ1v) is 18.0. The first-order chi connectivity index (χ1) is 23.9. The topological polar surface area (TPSA) is 99.7 Å². The zero-order chi connectivity index (χ0) is 35.6. The largest absolute Gasteiger partial charge is 0.506 e. The summed E-state index contributed by atoms with van der Waals surface area (Å²) in [6.45, 7) is 5.79. The summed E-state index contributed by atoms with van der Waals surface area (Å²) in [5.41, 5.74) is 0.742. The molecule has 0 bridgehead atoms. The van der Waals surface area contributed by atoms with Gasteiger partial charge in [-0.15, -0.1) is 0 Å². The van der Waals surface area contributed by atoms with Crippen LogP contribution in [0.5, 0.6) is 5.75 Å². The lowest BCUT2D eigenvalue weighted by atomic mass is 9.92. The molecule has 2 aromatic rings. The molecule has 1 atom stereocenters. The number of piperazine rings is 1. The molecule has 272 valence electrons. The lowest BCUT2D eigenvalue weighted by Gasteiger charge is -2.43. The van der Waals surface area contributed by atoms with Gasteiger partial charge in [-0.05, 0) is 88.0 Å².